The van der Waals surface area contributed by atoms with Crippen LogP contribution in [0.4, 0.5) is 9.18 Å². The maximum absolute atomic E-state index is 13.5. The van der Waals surface area contributed by atoms with Gasteiger partial charge in [-0.25, -0.2) is 9.18 Å². The Bertz CT molecular complexity index is 751. The normalized spacial score (nSPS) is 17.1. The molecule has 2 N–H and O–H groups in total. The summed E-state index contributed by atoms with van der Waals surface area (Å²) < 4.78 is 13.5. The van der Waals surface area contributed by atoms with Crippen LogP contribution < -0.4 is 10.6 Å². The van der Waals surface area contributed by atoms with Crippen LogP contribution in [0.2, 0.25) is 0 Å². The van der Waals surface area contributed by atoms with Crippen molar-refractivity contribution in [2.45, 2.75) is 19.0 Å². The second-order valence-corrected chi connectivity index (χ2v) is 5.99. The minimum Gasteiger partial charge on any atom is -0.350 e. The molecule has 3 rings (SSSR count). The minimum absolute atomic E-state index is 0.0357. The molecule has 25 heavy (non-hydrogen) atoms. The fraction of sp³-hybridized carbons (Fsp3) is 0.263. The van der Waals surface area contributed by atoms with Gasteiger partial charge in [0, 0.05) is 18.7 Å². The van der Waals surface area contributed by atoms with Crippen LogP contribution in [0, 0.1) is 5.82 Å². The molecule has 1 aliphatic rings. The molecule has 5 nitrogen and oxygen atoms in total. The zero-order chi connectivity index (χ0) is 17.6. The van der Waals surface area contributed by atoms with E-state index in [-0.39, 0.29) is 36.9 Å². The Hall–Kier alpha value is -2.89. The smallest absolute Gasteiger partial charge is 0.318 e. The van der Waals surface area contributed by atoms with Gasteiger partial charge in [0.05, 0.1) is 6.04 Å². The largest absolute Gasteiger partial charge is 0.350 e. The summed E-state index contributed by atoms with van der Waals surface area (Å²) >= 11 is 0. The maximum Gasteiger partial charge on any atom is 0.318 e. The summed E-state index contributed by atoms with van der Waals surface area (Å²) in [6.07, 6.45) is 0.732. The van der Waals surface area contributed by atoms with Gasteiger partial charge in [-0.2, -0.15) is 0 Å². The second kappa shape index (κ2) is 7.79. The van der Waals surface area contributed by atoms with E-state index in [1.54, 1.807) is 18.2 Å². The quantitative estimate of drug-likeness (QED) is 0.878. The number of rotatable bonds is 5. The molecule has 0 radical (unpaired) electrons. The summed E-state index contributed by atoms with van der Waals surface area (Å²) in [5, 5.41) is 5.57. The van der Waals surface area contributed by atoms with E-state index in [1.807, 2.05) is 30.3 Å². The van der Waals surface area contributed by atoms with Crippen molar-refractivity contribution < 1.29 is 14.0 Å². The fourth-order valence-corrected chi connectivity index (χ4v) is 2.85. The lowest BCUT2D eigenvalue weighted by Crippen LogP contribution is -2.51. The summed E-state index contributed by atoms with van der Waals surface area (Å²) in [6, 6.07) is 15.7. The molecule has 1 fully saturated rings. The summed E-state index contributed by atoms with van der Waals surface area (Å²) in [7, 11) is 0. The van der Waals surface area contributed by atoms with Crippen LogP contribution in [-0.2, 0) is 11.3 Å². The predicted molar refractivity (Wildman–Crippen MR) is 92.2 cm³/mol. The minimum atomic E-state index is -0.357. The first-order valence-electron chi connectivity index (χ1n) is 8.24. The number of hydrogen-bond acceptors (Lipinski definition) is 2. The van der Waals surface area contributed by atoms with Crippen LogP contribution in [0.1, 0.15) is 23.6 Å². The number of nitrogens with one attached hydrogen (secondary N) is 2. The van der Waals surface area contributed by atoms with Gasteiger partial charge >= 0.3 is 6.03 Å². The number of hydrogen-bond donors (Lipinski definition) is 2. The molecular formula is C19H20FN3O2. The molecule has 1 saturated heterocycles. The predicted octanol–water partition coefficient (Wildman–Crippen LogP) is 2.60. The Morgan fingerprint density at radius 2 is 1.88 bits per heavy atom. The molecule has 2 aromatic carbocycles. The van der Waals surface area contributed by atoms with Crippen LogP contribution in [0.3, 0.4) is 0 Å². The standard InChI is InChI=1S/C19H20FN3O2/c20-16-9-5-4-8-15(16)12-21-18(24)13-23-11-10-17(22-19(23)25)14-6-2-1-3-7-14/h1-9,17H,10-13H2,(H,21,24)(H,22,25). The van der Waals surface area contributed by atoms with Crippen molar-refractivity contribution in [1.82, 2.24) is 15.5 Å². The van der Waals surface area contributed by atoms with Gasteiger partial charge in [0.15, 0.2) is 0 Å². The number of nitrogens with zero attached hydrogens (tertiary/aromatic N) is 1. The van der Waals surface area contributed by atoms with Crippen molar-refractivity contribution in [3.8, 4) is 0 Å². The highest BCUT2D eigenvalue weighted by Gasteiger charge is 2.27. The lowest BCUT2D eigenvalue weighted by Gasteiger charge is -2.32. The van der Waals surface area contributed by atoms with E-state index in [4.69, 9.17) is 0 Å². The van der Waals surface area contributed by atoms with Gasteiger partial charge in [-0.05, 0) is 18.1 Å². The van der Waals surface area contributed by atoms with Gasteiger partial charge in [0.2, 0.25) is 5.91 Å². The Balaban J connectivity index is 1.49. The van der Waals surface area contributed by atoms with E-state index in [0.717, 1.165) is 12.0 Å². The van der Waals surface area contributed by atoms with Crippen LogP contribution in [0.15, 0.2) is 54.6 Å². The highest BCUT2D eigenvalue weighted by molar-refractivity contribution is 5.84. The average molecular weight is 341 g/mol. The lowest BCUT2D eigenvalue weighted by molar-refractivity contribution is -0.122. The van der Waals surface area contributed by atoms with Crippen molar-refractivity contribution in [2.75, 3.05) is 13.1 Å². The van der Waals surface area contributed by atoms with Crippen molar-refractivity contribution >= 4 is 11.9 Å². The van der Waals surface area contributed by atoms with E-state index in [1.165, 1.54) is 11.0 Å². The highest BCUT2D eigenvalue weighted by atomic mass is 19.1. The number of urea groups is 1. The topological polar surface area (TPSA) is 61.4 Å². The van der Waals surface area contributed by atoms with Gasteiger partial charge in [-0.15, -0.1) is 0 Å². The first-order valence-corrected chi connectivity index (χ1v) is 8.24. The molecule has 2 aromatic rings. The highest BCUT2D eigenvalue weighted by Crippen LogP contribution is 2.20. The first-order chi connectivity index (χ1) is 12.1. The molecule has 0 aromatic heterocycles. The summed E-state index contributed by atoms with van der Waals surface area (Å²) in [4.78, 5) is 25.7. The molecule has 130 valence electrons. The number of carbonyl (C=O) groups is 2. The number of carbonyl (C=O) groups excluding carboxylic acids is 2. The van der Waals surface area contributed by atoms with Crippen LogP contribution in [0.5, 0.6) is 0 Å². The third kappa shape index (κ3) is 4.35. The summed E-state index contributed by atoms with van der Waals surface area (Å²) in [6.45, 7) is 0.563. The Morgan fingerprint density at radius 3 is 2.60 bits per heavy atom. The average Bonchev–Trinajstić information content (AvgIpc) is 2.63. The van der Waals surface area contributed by atoms with Gasteiger partial charge < -0.3 is 15.5 Å². The molecule has 1 heterocycles. The SMILES string of the molecule is O=C(CN1CCC(c2ccccc2)NC1=O)NCc1ccccc1F. The van der Waals surface area contributed by atoms with Crippen LogP contribution in [0.25, 0.3) is 0 Å². The van der Waals surface area contributed by atoms with E-state index in [0.29, 0.717) is 12.1 Å². The zero-order valence-electron chi connectivity index (χ0n) is 13.7. The van der Waals surface area contributed by atoms with Crippen LogP contribution in [-0.4, -0.2) is 29.9 Å². The van der Waals surface area contributed by atoms with Crippen molar-refractivity contribution in [3.05, 3.63) is 71.5 Å². The van der Waals surface area contributed by atoms with E-state index in [2.05, 4.69) is 10.6 Å². The monoisotopic (exact) mass is 341 g/mol. The molecule has 1 aliphatic heterocycles. The zero-order valence-corrected chi connectivity index (χ0v) is 13.7. The van der Waals surface area contributed by atoms with Gasteiger partial charge in [0.1, 0.15) is 12.4 Å². The summed E-state index contributed by atoms with van der Waals surface area (Å²) in [5.74, 6) is -0.666. The van der Waals surface area contributed by atoms with Crippen molar-refractivity contribution in [3.63, 3.8) is 0 Å². The Labute approximate surface area is 145 Å². The van der Waals surface area contributed by atoms with Gasteiger partial charge in [0.25, 0.3) is 0 Å². The number of benzene rings is 2. The van der Waals surface area contributed by atoms with Crippen LogP contribution >= 0.6 is 0 Å². The molecule has 1 atom stereocenters. The van der Waals surface area contributed by atoms with Crippen molar-refractivity contribution in [2.24, 2.45) is 0 Å². The Kier molecular flexibility index (Phi) is 5.28. The number of halogens is 1. The van der Waals surface area contributed by atoms with E-state index in [9.17, 15) is 14.0 Å². The first kappa shape index (κ1) is 17.0. The van der Waals surface area contributed by atoms with Crippen molar-refractivity contribution in [1.29, 1.82) is 0 Å². The van der Waals surface area contributed by atoms with Gasteiger partial charge in [-0.1, -0.05) is 48.5 Å². The lowest BCUT2D eigenvalue weighted by atomic mass is 10.0. The second-order valence-electron chi connectivity index (χ2n) is 5.99. The molecule has 6 heteroatoms. The van der Waals surface area contributed by atoms with Gasteiger partial charge in [-0.3, -0.25) is 4.79 Å². The Morgan fingerprint density at radius 1 is 1.16 bits per heavy atom. The third-order valence-corrected chi connectivity index (χ3v) is 4.24. The third-order valence-electron chi connectivity index (χ3n) is 4.24. The molecule has 0 saturated carbocycles. The summed E-state index contributed by atoms with van der Waals surface area (Å²) in [5.41, 5.74) is 1.47. The molecular weight excluding hydrogens is 321 g/mol. The molecule has 3 amide bonds. The maximum atomic E-state index is 13.5. The fourth-order valence-electron chi connectivity index (χ4n) is 2.85. The van der Waals surface area contributed by atoms with E-state index >= 15 is 0 Å². The molecule has 1 unspecified atom stereocenters. The number of amides is 3. The molecule has 0 aliphatic carbocycles. The molecule has 0 bridgehead atoms. The van der Waals surface area contributed by atoms with E-state index < -0.39 is 0 Å². The molecule has 0 spiro atoms.